The highest BCUT2D eigenvalue weighted by molar-refractivity contribution is 5.92. The van der Waals surface area contributed by atoms with Crippen LogP contribution >= 0.6 is 0 Å². The molecule has 8 rings (SSSR count). The highest BCUT2D eigenvalue weighted by Crippen LogP contribution is 2.32. The molecule has 2 aliphatic rings. The first-order valence-corrected chi connectivity index (χ1v) is 15.3. The predicted molar refractivity (Wildman–Crippen MR) is 181 cm³/mol. The topological polar surface area (TPSA) is 150 Å². The quantitative estimate of drug-likeness (QED) is 0.153. The maximum atomic E-state index is 12.7. The zero-order chi connectivity index (χ0) is 33.2. The maximum Gasteiger partial charge on any atom is 0.277 e. The summed E-state index contributed by atoms with van der Waals surface area (Å²) in [5.74, 6) is 2.83. The molecule has 0 amide bonds. The molecule has 0 unspecified atom stereocenters. The van der Waals surface area contributed by atoms with Gasteiger partial charge in [0.1, 0.15) is 26.4 Å². The smallest absolute Gasteiger partial charge is 0.277 e. The van der Waals surface area contributed by atoms with E-state index in [0.29, 0.717) is 72.9 Å². The molecule has 4 aromatic carbocycles. The van der Waals surface area contributed by atoms with Gasteiger partial charge in [-0.15, -0.1) is 0 Å². The van der Waals surface area contributed by atoms with Crippen LogP contribution < -0.4 is 35.8 Å². The third kappa shape index (κ3) is 5.98. The number of hydrogen-bond donors (Lipinski definition) is 1. The van der Waals surface area contributed by atoms with Gasteiger partial charge in [0, 0.05) is 34.9 Å². The molecule has 0 bridgehead atoms. The molecule has 0 saturated carbocycles. The first-order valence-electron chi connectivity index (χ1n) is 15.3. The van der Waals surface area contributed by atoms with Crippen molar-refractivity contribution >= 4 is 32.9 Å². The summed E-state index contributed by atoms with van der Waals surface area (Å²) in [6, 6.07) is 24.7. The van der Waals surface area contributed by atoms with Crippen LogP contribution in [-0.4, -0.2) is 40.5 Å². The van der Waals surface area contributed by atoms with E-state index in [1.807, 2.05) is 42.5 Å². The Labute approximate surface area is 273 Å². The van der Waals surface area contributed by atoms with Gasteiger partial charge in [-0.25, -0.2) is 0 Å². The van der Waals surface area contributed by atoms with Crippen LogP contribution in [0.15, 0.2) is 107 Å². The zero-order valence-corrected chi connectivity index (χ0v) is 25.7. The number of anilines is 1. The second-order valence-corrected chi connectivity index (χ2v) is 11.3. The molecule has 0 saturated heterocycles. The van der Waals surface area contributed by atoms with Crippen molar-refractivity contribution in [2.24, 2.45) is 0 Å². The summed E-state index contributed by atoms with van der Waals surface area (Å²) < 4.78 is 25.3. The Hall–Kier alpha value is -6.30. The van der Waals surface area contributed by atoms with Crippen molar-refractivity contribution in [3.8, 4) is 23.0 Å². The van der Waals surface area contributed by atoms with Crippen LogP contribution in [0.5, 0.6) is 23.0 Å². The first-order chi connectivity index (χ1) is 23.4. The largest absolute Gasteiger partial charge is 0.486 e. The lowest BCUT2D eigenvalue weighted by molar-refractivity contribution is -0.383. The maximum absolute atomic E-state index is 12.7. The zero-order valence-electron chi connectivity index (χ0n) is 25.7. The molecule has 6 aromatic rings. The predicted octanol–water partition coefficient (Wildman–Crippen LogP) is 5.13. The van der Waals surface area contributed by atoms with Gasteiger partial charge in [-0.1, -0.05) is 24.3 Å². The van der Waals surface area contributed by atoms with E-state index in [0.717, 1.165) is 28.0 Å². The molecule has 2 N–H and O–H groups in total. The Morgan fingerprint density at radius 2 is 1.08 bits per heavy atom. The van der Waals surface area contributed by atoms with Crippen LogP contribution in [0.1, 0.15) is 11.1 Å². The minimum Gasteiger partial charge on any atom is -0.486 e. The van der Waals surface area contributed by atoms with E-state index in [1.54, 1.807) is 47.3 Å². The number of nitro benzene ring substituents is 1. The second-order valence-electron chi connectivity index (χ2n) is 11.3. The molecule has 0 atom stereocenters. The Kier molecular flexibility index (Phi) is 8.12. The van der Waals surface area contributed by atoms with Gasteiger partial charge >= 0.3 is 0 Å². The number of nitrogens with two attached hydrogens (primary N) is 1. The summed E-state index contributed by atoms with van der Waals surface area (Å²) >= 11 is 0. The summed E-state index contributed by atoms with van der Waals surface area (Å²) in [6.45, 7) is 2.95. The Bertz CT molecular complexity index is 2310. The van der Waals surface area contributed by atoms with E-state index in [4.69, 9.17) is 24.7 Å². The van der Waals surface area contributed by atoms with Crippen molar-refractivity contribution in [2.45, 2.75) is 13.1 Å². The summed E-state index contributed by atoms with van der Waals surface area (Å²) in [6.07, 6.45) is 3.35. The molecular formula is C36H30N4O8. The number of ether oxygens (including phenoxy) is 4. The number of fused-ring (bicyclic) bond motifs is 4. The normalized spacial score (nSPS) is 13.1. The lowest BCUT2D eigenvalue weighted by Gasteiger charge is -2.19. The van der Waals surface area contributed by atoms with E-state index in [2.05, 4.69) is 0 Å². The number of non-ortho nitro benzene ring substituents is 1. The Morgan fingerprint density at radius 1 is 0.604 bits per heavy atom. The Morgan fingerprint density at radius 3 is 1.62 bits per heavy atom. The number of benzene rings is 4. The van der Waals surface area contributed by atoms with E-state index >= 15 is 0 Å². The number of nitrogens with zero attached hydrogens (tertiary/aromatic N) is 3. The fourth-order valence-corrected chi connectivity index (χ4v) is 5.82. The molecule has 2 aliphatic heterocycles. The fourth-order valence-electron chi connectivity index (χ4n) is 5.82. The molecule has 0 spiro atoms. The standard InChI is InChI=1S/C18H14N2O5.C18H16N2O3/c21-18-14-2-1-3-15(20(22)23)13(14)6-7-19(18)11-12-4-5-16-17(10-12)25-9-8-24-16;19-15-3-1-2-14-13(15)6-7-20(18(14)21)11-12-4-5-16-17(10-12)23-9-8-22-16/h1-7,10H,8-9,11H2;1-7,10H,8-9,11,19H2. The summed E-state index contributed by atoms with van der Waals surface area (Å²) in [4.78, 5) is 35.9. The van der Waals surface area contributed by atoms with Crippen molar-refractivity contribution < 1.29 is 23.9 Å². The minimum absolute atomic E-state index is 0.0512. The van der Waals surface area contributed by atoms with Gasteiger partial charge in [-0.2, -0.15) is 0 Å². The summed E-state index contributed by atoms with van der Waals surface area (Å²) in [5.41, 5.74) is 8.03. The van der Waals surface area contributed by atoms with Crippen molar-refractivity contribution in [1.29, 1.82) is 0 Å². The second kappa shape index (κ2) is 12.8. The highest BCUT2D eigenvalue weighted by atomic mass is 16.6. The van der Waals surface area contributed by atoms with Gasteiger partial charge in [0.25, 0.3) is 16.8 Å². The lowest BCUT2D eigenvalue weighted by Crippen LogP contribution is -2.20. The number of aromatic nitrogens is 2. The van der Waals surface area contributed by atoms with Crippen molar-refractivity contribution in [1.82, 2.24) is 9.13 Å². The molecule has 2 aromatic heterocycles. The highest BCUT2D eigenvalue weighted by Gasteiger charge is 2.16. The minimum atomic E-state index is -0.479. The van der Waals surface area contributed by atoms with Crippen LogP contribution in [0.4, 0.5) is 11.4 Å². The molecule has 48 heavy (non-hydrogen) atoms. The van der Waals surface area contributed by atoms with Crippen LogP contribution in [-0.2, 0) is 13.1 Å². The third-order valence-electron chi connectivity index (χ3n) is 8.16. The van der Waals surface area contributed by atoms with Gasteiger partial charge < -0.3 is 33.8 Å². The molecule has 12 nitrogen and oxygen atoms in total. The van der Waals surface area contributed by atoms with E-state index in [9.17, 15) is 19.7 Å². The van der Waals surface area contributed by atoms with Crippen LogP contribution in [0, 0.1) is 10.1 Å². The number of pyridine rings is 2. The van der Waals surface area contributed by atoms with E-state index < -0.39 is 4.92 Å². The molecular weight excluding hydrogens is 616 g/mol. The number of nitro groups is 1. The molecule has 242 valence electrons. The van der Waals surface area contributed by atoms with Crippen molar-refractivity contribution in [3.05, 3.63) is 139 Å². The molecule has 12 heteroatoms. The summed E-state index contributed by atoms with van der Waals surface area (Å²) in [5, 5.41) is 13.2. The van der Waals surface area contributed by atoms with Crippen molar-refractivity contribution in [2.75, 3.05) is 32.2 Å². The number of rotatable bonds is 5. The first kappa shape index (κ1) is 30.4. The van der Waals surface area contributed by atoms with Gasteiger partial charge in [0.15, 0.2) is 23.0 Å². The Balaban J connectivity index is 0.000000152. The van der Waals surface area contributed by atoms with E-state index in [1.165, 1.54) is 16.7 Å². The average molecular weight is 647 g/mol. The fraction of sp³-hybridized carbons (Fsp3) is 0.167. The molecule has 0 aliphatic carbocycles. The van der Waals surface area contributed by atoms with Gasteiger partial charge in [0.05, 0.1) is 28.8 Å². The van der Waals surface area contributed by atoms with Crippen LogP contribution in [0.25, 0.3) is 21.5 Å². The molecule has 4 heterocycles. The third-order valence-corrected chi connectivity index (χ3v) is 8.16. The van der Waals surface area contributed by atoms with Crippen molar-refractivity contribution in [3.63, 3.8) is 0 Å². The monoisotopic (exact) mass is 646 g/mol. The molecule has 0 radical (unpaired) electrons. The summed E-state index contributed by atoms with van der Waals surface area (Å²) in [7, 11) is 0. The van der Waals surface area contributed by atoms with Crippen LogP contribution in [0.2, 0.25) is 0 Å². The lowest BCUT2D eigenvalue weighted by atomic mass is 10.1. The number of nitrogen functional groups attached to an aromatic ring is 1. The SMILES string of the molecule is Nc1cccc2c(=O)n(Cc3ccc4c(c3)OCCO4)ccc12.O=c1c2cccc([N+](=O)[O-])c2ccn1Cc1ccc2c(c1)OCCO2. The van der Waals surface area contributed by atoms with E-state index in [-0.39, 0.29) is 16.8 Å². The van der Waals surface area contributed by atoms with Gasteiger partial charge in [-0.05, 0) is 65.7 Å². The van der Waals surface area contributed by atoms with Crippen LogP contribution in [0.3, 0.4) is 0 Å². The number of hydrogen-bond acceptors (Lipinski definition) is 9. The molecule has 0 fully saturated rings. The average Bonchev–Trinajstić information content (AvgIpc) is 3.11. The van der Waals surface area contributed by atoms with Gasteiger partial charge in [-0.3, -0.25) is 19.7 Å². The van der Waals surface area contributed by atoms with Gasteiger partial charge in [0.2, 0.25) is 0 Å².